The molecule has 0 spiro atoms. The van der Waals surface area contributed by atoms with Crippen molar-refractivity contribution in [2.75, 3.05) is 38.3 Å². The molecule has 2 heterocycles. The van der Waals surface area contributed by atoms with Crippen molar-refractivity contribution in [3.05, 3.63) is 23.8 Å². The summed E-state index contributed by atoms with van der Waals surface area (Å²) in [5.41, 5.74) is 0.580. The van der Waals surface area contributed by atoms with Gasteiger partial charge in [-0.2, -0.15) is 4.98 Å². The highest BCUT2D eigenvalue weighted by Gasteiger charge is 2.19. The monoisotopic (exact) mass is 305 g/mol. The van der Waals surface area contributed by atoms with Gasteiger partial charge in [0, 0.05) is 18.7 Å². The van der Waals surface area contributed by atoms with E-state index >= 15 is 0 Å². The molecule has 1 aliphatic heterocycles. The van der Waals surface area contributed by atoms with Crippen molar-refractivity contribution in [2.45, 2.75) is 0 Å². The summed E-state index contributed by atoms with van der Waals surface area (Å²) in [5.74, 6) is -0.0478. The average molecular weight is 305 g/mol. The SMILES string of the molecule is COc1ccc(-c2nc(N3CCOCC3)no2)cc1C(=O)O. The molecular weight excluding hydrogens is 290 g/mol. The Bertz CT molecular complexity index is 679. The standard InChI is InChI=1S/C14H15N3O5/c1-20-11-3-2-9(8-10(11)13(18)19)12-15-14(16-22-12)17-4-6-21-7-5-17/h2-3,8H,4-7H2,1H3,(H,18,19). The number of rotatable bonds is 4. The number of carbonyl (C=O) groups is 1. The van der Waals surface area contributed by atoms with Gasteiger partial charge < -0.3 is 24.0 Å². The Kier molecular flexibility index (Phi) is 3.92. The van der Waals surface area contributed by atoms with Crippen molar-refractivity contribution in [3.8, 4) is 17.2 Å². The highest BCUT2D eigenvalue weighted by atomic mass is 16.5. The number of carboxylic acid groups (broad SMARTS) is 1. The van der Waals surface area contributed by atoms with E-state index in [-0.39, 0.29) is 17.2 Å². The number of carboxylic acids is 1. The second kappa shape index (κ2) is 6.02. The van der Waals surface area contributed by atoms with Gasteiger partial charge in [-0.05, 0) is 23.4 Å². The number of morpholine rings is 1. The Morgan fingerprint density at radius 1 is 1.36 bits per heavy atom. The second-order valence-corrected chi connectivity index (χ2v) is 4.72. The molecule has 1 N–H and O–H groups in total. The number of benzene rings is 1. The lowest BCUT2D eigenvalue weighted by Crippen LogP contribution is -2.36. The lowest BCUT2D eigenvalue weighted by Gasteiger charge is -2.24. The topological polar surface area (TPSA) is 97.9 Å². The number of hydrogen-bond donors (Lipinski definition) is 1. The summed E-state index contributed by atoms with van der Waals surface area (Å²) in [6.45, 7) is 2.63. The number of anilines is 1. The Morgan fingerprint density at radius 2 is 2.14 bits per heavy atom. The molecule has 116 valence electrons. The van der Waals surface area contributed by atoms with Crippen LogP contribution in [0.1, 0.15) is 10.4 Å². The molecule has 0 bridgehead atoms. The molecule has 0 saturated carbocycles. The van der Waals surface area contributed by atoms with Crippen LogP contribution in [-0.2, 0) is 4.74 Å². The lowest BCUT2D eigenvalue weighted by molar-refractivity contribution is 0.0693. The maximum atomic E-state index is 11.2. The van der Waals surface area contributed by atoms with E-state index in [4.69, 9.17) is 14.0 Å². The minimum Gasteiger partial charge on any atom is -0.496 e. The van der Waals surface area contributed by atoms with Crippen LogP contribution in [0.2, 0.25) is 0 Å². The molecule has 22 heavy (non-hydrogen) atoms. The van der Waals surface area contributed by atoms with Crippen LogP contribution in [-0.4, -0.2) is 54.6 Å². The second-order valence-electron chi connectivity index (χ2n) is 4.72. The van der Waals surface area contributed by atoms with Crippen LogP contribution < -0.4 is 9.64 Å². The lowest BCUT2D eigenvalue weighted by atomic mass is 10.1. The third-order valence-corrected chi connectivity index (χ3v) is 3.39. The summed E-state index contributed by atoms with van der Waals surface area (Å²) in [7, 11) is 1.42. The summed E-state index contributed by atoms with van der Waals surface area (Å²) in [6.07, 6.45) is 0. The molecule has 0 unspecified atom stereocenters. The Balaban J connectivity index is 1.89. The van der Waals surface area contributed by atoms with Crippen molar-refractivity contribution < 1.29 is 23.9 Å². The Morgan fingerprint density at radius 3 is 2.82 bits per heavy atom. The van der Waals surface area contributed by atoms with Crippen LogP contribution >= 0.6 is 0 Å². The van der Waals surface area contributed by atoms with Gasteiger partial charge in [0.1, 0.15) is 11.3 Å². The fourth-order valence-electron chi connectivity index (χ4n) is 2.23. The van der Waals surface area contributed by atoms with Crippen molar-refractivity contribution in [1.29, 1.82) is 0 Å². The van der Waals surface area contributed by atoms with Gasteiger partial charge in [0.15, 0.2) is 0 Å². The molecule has 1 saturated heterocycles. The molecule has 1 aliphatic rings. The molecule has 8 nitrogen and oxygen atoms in total. The minimum absolute atomic E-state index is 0.0473. The summed E-state index contributed by atoms with van der Waals surface area (Å²) >= 11 is 0. The molecule has 3 rings (SSSR count). The first-order chi connectivity index (χ1) is 10.7. The van der Waals surface area contributed by atoms with Crippen LogP contribution in [0, 0.1) is 0 Å². The van der Waals surface area contributed by atoms with Gasteiger partial charge in [-0.25, -0.2) is 4.79 Å². The van der Waals surface area contributed by atoms with Gasteiger partial charge in [0.05, 0.1) is 20.3 Å². The highest BCUT2D eigenvalue weighted by Crippen LogP contribution is 2.27. The fourth-order valence-corrected chi connectivity index (χ4v) is 2.23. The molecule has 0 amide bonds. The van der Waals surface area contributed by atoms with Gasteiger partial charge in [0.2, 0.25) is 0 Å². The smallest absolute Gasteiger partial charge is 0.339 e. The summed E-state index contributed by atoms with van der Waals surface area (Å²) in [6, 6.07) is 4.71. The van der Waals surface area contributed by atoms with E-state index in [0.29, 0.717) is 37.8 Å². The predicted octanol–water partition coefficient (Wildman–Crippen LogP) is 1.28. The first kappa shape index (κ1) is 14.3. The maximum absolute atomic E-state index is 11.2. The first-order valence-electron chi connectivity index (χ1n) is 6.77. The number of nitrogens with zero attached hydrogens (tertiary/aromatic N) is 3. The Hall–Kier alpha value is -2.61. The van der Waals surface area contributed by atoms with E-state index in [0.717, 1.165) is 0 Å². The van der Waals surface area contributed by atoms with E-state index < -0.39 is 5.97 Å². The zero-order chi connectivity index (χ0) is 15.5. The Labute approximate surface area is 126 Å². The largest absolute Gasteiger partial charge is 0.496 e. The van der Waals surface area contributed by atoms with E-state index in [2.05, 4.69) is 10.1 Å². The summed E-state index contributed by atoms with van der Waals surface area (Å²) < 4.78 is 15.5. The first-order valence-corrected chi connectivity index (χ1v) is 6.77. The molecule has 0 aliphatic carbocycles. The number of methoxy groups -OCH3 is 1. The van der Waals surface area contributed by atoms with Crippen molar-refractivity contribution in [2.24, 2.45) is 0 Å². The average Bonchev–Trinajstić information content (AvgIpc) is 3.05. The molecule has 1 fully saturated rings. The molecule has 1 aromatic heterocycles. The van der Waals surface area contributed by atoms with Crippen LogP contribution in [0.15, 0.2) is 22.7 Å². The third kappa shape index (κ3) is 2.73. The summed E-state index contributed by atoms with van der Waals surface area (Å²) in [4.78, 5) is 17.5. The van der Waals surface area contributed by atoms with Crippen LogP contribution in [0.3, 0.4) is 0 Å². The van der Waals surface area contributed by atoms with Gasteiger partial charge in [-0.3, -0.25) is 0 Å². The van der Waals surface area contributed by atoms with Crippen LogP contribution in [0.5, 0.6) is 5.75 Å². The minimum atomic E-state index is -1.08. The number of ether oxygens (including phenoxy) is 2. The fraction of sp³-hybridized carbons (Fsp3) is 0.357. The normalized spacial score (nSPS) is 14.9. The quantitative estimate of drug-likeness (QED) is 0.902. The summed E-state index contributed by atoms with van der Waals surface area (Å²) in [5, 5.41) is 13.1. The van der Waals surface area contributed by atoms with E-state index in [1.807, 2.05) is 4.90 Å². The zero-order valence-corrected chi connectivity index (χ0v) is 12.0. The van der Waals surface area contributed by atoms with Crippen molar-refractivity contribution in [1.82, 2.24) is 10.1 Å². The highest BCUT2D eigenvalue weighted by molar-refractivity contribution is 5.92. The van der Waals surface area contributed by atoms with Gasteiger partial charge in [-0.15, -0.1) is 0 Å². The van der Waals surface area contributed by atoms with E-state index in [1.165, 1.54) is 13.2 Å². The van der Waals surface area contributed by atoms with Gasteiger partial charge in [0.25, 0.3) is 11.8 Å². The molecule has 8 heteroatoms. The van der Waals surface area contributed by atoms with Crippen molar-refractivity contribution >= 4 is 11.9 Å². The molecule has 2 aromatic rings. The van der Waals surface area contributed by atoms with Crippen LogP contribution in [0.4, 0.5) is 5.95 Å². The molecule has 1 aromatic carbocycles. The van der Waals surface area contributed by atoms with Crippen molar-refractivity contribution in [3.63, 3.8) is 0 Å². The third-order valence-electron chi connectivity index (χ3n) is 3.39. The number of hydrogen-bond acceptors (Lipinski definition) is 7. The van der Waals surface area contributed by atoms with Gasteiger partial charge >= 0.3 is 5.97 Å². The number of aromatic nitrogens is 2. The molecular formula is C14H15N3O5. The maximum Gasteiger partial charge on any atom is 0.339 e. The van der Waals surface area contributed by atoms with E-state index in [9.17, 15) is 9.90 Å². The predicted molar refractivity (Wildman–Crippen MR) is 76.3 cm³/mol. The molecule has 0 radical (unpaired) electrons. The number of aromatic carboxylic acids is 1. The van der Waals surface area contributed by atoms with Gasteiger partial charge in [-0.1, -0.05) is 0 Å². The molecule has 0 atom stereocenters. The van der Waals surface area contributed by atoms with E-state index in [1.54, 1.807) is 12.1 Å². The zero-order valence-electron chi connectivity index (χ0n) is 12.0. The van der Waals surface area contributed by atoms with Crippen LogP contribution in [0.25, 0.3) is 11.5 Å².